The number of carbonyl (C=O) groups excluding carboxylic acids is 3. The number of aryl methyl sites for hydroxylation is 3. The highest BCUT2D eigenvalue weighted by atomic mass is 32.1. The smallest absolute Gasteiger partial charge is 0.265 e. The average molecular weight is 594 g/mol. The van der Waals surface area contributed by atoms with Gasteiger partial charge in [-0.2, -0.15) is 5.10 Å². The predicted molar refractivity (Wildman–Crippen MR) is 154 cm³/mol. The predicted octanol–water partition coefficient (Wildman–Crippen LogP) is 2.18. The summed E-state index contributed by atoms with van der Waals surface area (Å²) in [5.74, 6) is 0.932. The fourth-order valence-electron chi connectivity index (χ4n) is 6.22. The Hall–Kier alpha value is -4.00. The van der Waals surface area contributed by atoms with Crippen molar-refractivity contribution in [3.8, 4) is 11.5 Å². The molecule has 4 bridgehead atoms. The molecule has 0 unspecified atom stereocenters. The van der Waals surface area contributed by atoms with Crippen molar-refractivity contribution in [2.24, 2.45) is 5.41 Å². The van der Waals surface area contributed by atoms with Gasteiger partial charge in [-0.05, 0) is 32.8 Å². The largest absolute Gasteiger partial charge is 0.490 e. The van der Waals surface area contributed by atoms with E-state index in [1.807, 2.05) is 36.9 Å². The Bertz CT molecular complexity index is 1470. The first kappa shape index (κ1) is 28.1. The minimum atomic E-state index is -0.526. The molecular formula is C29H35N7O5S. The lowest BCUT2D eigenvalue weighted by molar-refractivity contribution is -0.136. The second kappa shape index (κ2) is 11.7. The Kier molecular flexibility index (Phi) is 7.84. The lowest BCUT2D eigenvalue weighted by Gasteiger charge is -2.40. The zero-order valence-corrected chi connectivity index (χ0v) is 24.7. The molecule has 42 heavy (non-hydrogen) atoms. The second-order valence-corrected chi connectivity index (χ2v) is 12.5. The van der Waals surface area contributed by atoms with Gasteiger partial charge in [-0.1, -0.05) is 12.1 Å². The molecule has 4 aliphatic heterocycles. The van der Waals surface area contributed by atoms with Crippen molar-refractivity contribution in [3.05, 3.63) is 52.0 Å². The molecule has 3 amide bonds. The van der Waals surface area contributed by atoms with Crippen LogP contribution in [-0.2, 0) is 16.1 Å². The number of para-hydroxylation sites is 1. The number of hydrogen-bond donors (Lipinski definition) is 1. The number of aromatic nitrogens is 4. The Morgan fingerprint density at radius 3 is 2.88 bits per heavy atom. The maximum absolute atomic E-state index is 13.7. The minimum Gasteiger partial charge on any atom is -0.490 e. The Balaban J connectivity index is 1.22. The highest BCUT2D eigenvalue weighted by molar-refractivity contribution is 7.13. The first-order valence-corrected chi connectivity index (χ1v) is 15.1. The molecule has 6 heterocycles. The molecule has 0 aliphatic carbocycles. The first-order chi connectivity index (χ1) is 20.3. The van der Waals surface area contributed by atoms with Crippen LogP contribution in [0.5, 0.6) is 11.5 Å². The summed E-state index contributed by atoms with van der Waals surface area (Å²) in [4.78, 5) is 52.6. The van der Waals surface area contributed by atoms with Crippen LogP contribution in [0.4, 0.5) is 0 Å². The van der Waals surface area contributed by atoms with Crippen molar-refractivity contribution in [2.75, 3.05) is 45.9 Å². The molecule has 3 aromatic rings. The van der Waals surface area contributed by atoms with E-state index in [2.05, 4.69) is 20.4 Å². The van der Waals surface area contributed by atoms with E-state index in [4.69, 9.17) is 9.47 Å². The van der Waals surface area contributed by atoms with Crippen LogP contribution in [0.1, 0.15) is 51.1 Å². The number of amides is 3. The number of nitrogens with zero attached hydrogens (tertiary/aromatic N) is 6. The van der Waals surface area contributed by atoms with Crippen LogP contribution in [-0.4, -0.2) is 93.2 Å². The highest BCUT2D eigenvalue weighted by Gasteiger charge is 2.53. The third-order valence-electron chi connectivity index (χ3n) is 8.32. The van der Waals surface area contributed by atoms with Crippen LogP contribution in [0.15, 0.2) is 30.9 Å². The van der Waals surface area contributed by atoms with Gasteiger partial charge >= 0.3 is 0 Å². The molecule has 1 N–H and O–H groups in total. The molecule has 2 aromatic heterocycles. The second-order valence-electron chi connectivity index (χ2n) is 11.3. The SMILES string of the molecule is Cc1nc(C)c(C(=O)N2C[C@H]3c4cccc5c4OC[C@@]3(CNC(=O)CN(C(=O)CCCn3cncn3)CCCO5)C2)s1. The molecule has 0 saturated carbocycles. The van der Waals surface area contributed by atoms with Crippen LogP contribution < -0.4 is 14.8 Å². The number of likely N-dealkylation sites (tertiary alicyclic amines) is 1. The number of hydrogen-bond acceptors (Lipinski definition) is 9. The van der Waals surface area contributed by atoms with Gasteiger partial charge in [-0.25, -0.2) is 9.97 Å². The summed E-state index contributed by atoms with van der Waals surface area (Å²) in [7, 11) is 0. The molecule has 1 saturated heterocycles. The maximum atomic E-state index is 13.7. The Labute approximate surface area is 248 Å². The van der Waals surface area contributed by atoms with E-state index in [-0.39, 0.29) is 30.2 Å². The van der Waals surface area contributed by atoms with Gasteiger partial charge in [0.05, 0.1) is 30.5 Å². The van der Waals surface area contributed by atoms with Crippen molar-refractivity contribution in [3.63, 3.8) is 0 Å². The van der Waals surface area contributed by atoms with Gasteiger partial charge in [0.2, 0.25) is 11.8 Å². The maximum Gasteiger partial charge on any atom is 0.265 e. The number of fused-ring (bicyclic) bond motifs is 9. The fourth-order valence-corrected chi connectivity index (χ4v) is 7.11. The van der Waals surface area contributed by atoms with Crippen LogP contribution in [0.25, 0.3) is 0 Å². The number of ether oxygens (including phenoxy) is 2. The van der Waals surface area contributed by atoms with E-state index in [1.165, 1.54) is 17.7 Å². The molecule has 222 valence electrons. The number of benzene rings is 1. The lowest BCUT2D eigenvalue weighted by Crippen LogP contribution is -2.50. The van der Waals surface area contributed by atoms with Crippen LogP contribution in [0, 0.1) is 19.3 Å². The van der Waals surface area contributed by atoms with E-state index < -0.39 is 5.41 Å². The normalized spacial score (nSPS) is 22.1. The zero-order valence-electron chi connectivity index (χ0n) is 23.9. The van der Waals surface area contributed by atoms with E-state index in [9.17, 15) is 14.4 Å². The van der Waals surface area contributed by atoms with Crippen molar-refractivity contribution < 1.29 is 23.9 Å². The molecule has 1 fully saturated rings. The van der Waals surface area contributed by atoms with Crippen LogP contribution >= 0.6 is 11.3 Å². The Morgan fingerprint density at radius 1 is 1.21 bits per heavy atom. The summed E-state index contributed by atoms with van der Waals surface area (Å²) < 4.78 is 14.2. The average Bonchev–Trinajstić information content (AvgIpc) is 3.71. The summed E-state index contributed by atoms with van der Waals surface area (Å²) in [6.45, 7) is 6.66. The van der Waals surface area contributed by atoms with Gasteiger partial charge in [0.15, 0.2) is 11.5 Å². The van der Waals surface area contributed by atoms with Gasteiger partial charge in [-0.15, -0.1) is 11.3 Å². The van der Waals surface area contributed by atoms with E-state index >= 15 is 0 Å². The Morgan fingerprint density at radius 2 is 2.10 bits per heavy atom. The summed E-state index contributed by atoms with van der Waals surface area (Å²) in [6, 6.07) is 5.88. The third-order valence-corrected chi connectivity index (χ3v) is 9.38. The third kappa shape index (κ3) is 5.57. The fraction of sp³-hybridized carbons (Fsp3) is 0.517. The molecule has 7 rings (SSSR count). The van der Waals surface area contributed by atoms with Crippen molar-refractivity contribution in [1.82, 2.24) is 34.9 Å². The molecule has 12 nitrogen and oxygen atoms in total. The van der Waals surface area contributed by atoms with Crippen LogP contribution in [0.2, 0.25) is 0 Å². The first-order valence-electron chi connectivity index (χ1n) is 14.3. The van der Waals surface area contributed by atoms with Gasteiger partial charge in [0.1, 0.15) is 17.5 Å². The number of rotatable bonds is 5. The van der Waals surface area contributed by atoms with E-state index in [0.717, 1.165) is 16.3 Å². The summed E-state index contributed by atoms with van der Waals surface area (Å²) in [5.41, 5.74) is 1.19. The standard InChI is InChI=1S/C29H35N7O5S/c1-19-27(42-20(2)33-19)28(39)35-12-22-21-6-3-7-23-26(21)41-16-29(22,15-35)14-31-24(37)13-34(9-5-11-40-23)25(38)8-4-10-36-18-30-17-32-36/h3,6-7,17-18,22H,4-5,8-16H2,1-2H3,(H,31,37)/t22-,29+/m0/s1. The van der Waals surface area contributed by atoms with Crippen molar-refractivity contribution in [1.29, 1.82) is 0 Å². The monoisotopic (exact) mass is 593 g/mol. The molecule has 1 aromatic carbocycles. The van der Waals surface area contributed by atoms with Gasteiger partial charge in [-0.3, -0.25) is 19.1 Å². The molecule has 2 atom stereocenters. The molecule has 13 heteroatoms. The number of thiazole rings is 1. The van der Waals surface area contributed by atoms with Gasteiger partial charge < -0.3 is 24.6 Å². The van der Waals surface area contributed by atoms with E-state index in [0.29, 0.717) is 81.6 Å². The summed E-state index contributed by atoms with van der Waals surface area (Å²) >= 11 is 1.41. The lowest BCUT2D eigenvalue weighted by atomic mass is 9.73. The van der Waals surface area contributed by atoms with Gasteiger partial charge in [0, 0.05) is 56.0 Å². The van der Waals surface area contributed by atoms with Gasteiger partial charge in [0.25, 0.3) is 5.91 Å². The summed E-state index contributed by atoms with van der Waals surface area (Å²) in [5, 5.41) is 8.04. The molecule has 4 aliphatic rings. The van der Waals surface area contributed by atoms with Crippen molar-refractivity contribution in [2.45, 2.75) is 45.6 Å². The molecule has 1 spiro atoms. The zero-order chi connectivity index (χ0) is 29.3. The number of carbonyl (C=O) groups is 3. The van der Waals surface area contributed by atoms with Crippen molar-refractivity contribution >= 4 is 29.1 Å². The minimum absolute atomic E-state index is 0.0394. The van der Waals surface area contributed by atoms with Crippen LogP contribution in [0.3, 0.4) is 0 Å². The highest BCUT2D eigenvalue weighted by Crippen LogP contribution is 2.52. The number of nitrogens with one attached hydrogen (secondary N) is 1. The molecular weight excluding hydrogens is 558 g/mol. The quantitative estimate of drug-likeness (QED) is 0.476. The molecule has 0 radical (unpaired) electrons. The topological polar surface area (TPSA) is 132 Å². The summed E-state index contributed by atoms with van der Waals surface area (Å²) in [6.07, 6.45) is 4.54. The van der Waals surface area contributed by atoms with E-state index in [1.54, 1.807) is 15.9 Å².